The zero-order chi connectivity index (χ0) is 13.8. The van der Waals surface area contributed by atoms with Crippen LogP contribution < -0.4 is 0 Å². The Hall–Kier alpha value is -1.11. The fourth-order valence-electron chi connectivity index (χ4n) is 1.90. The molecule has 1 atom stereocenters. The van der Waals surface area contributed by atoms with E-state index in [1.165, 1.54) is 11.3 Å². The topological polar surface area (TPSA) is 66.8 Å². The van der Waals surface area contributed by atoms with E-state index in [0.717, 1.165) is 4.88 Å². The third kappa shape index (κ3) is 3.92. The van der Waals surface area contributed by atoms with Crippen LogP contribution in [-0.4, -0.2) is 47.7 Å². The van der Waals surface area contributed by atoms with Crippen molar-refractivity contribution < 1.29 is 19.4 Å². The molecule has 1 aliphatic heterocycles. The van der Waals surface area contributed by atoms with Crippen LogP contribution in [0.25, 0.3) is 0 Å². The third-order valence-corrected chi connectivity index (χ3v) is 4.25. The average Bonchev–Trinajstić information content (AvgIpc) is 2.82. The first-order valence-electron chi connectivity index (χ1n) is 5.91. The zero-order valence-corrected chi connectivity index (χ0v) is 11.7. The van der Waals surface area contributed by atoms with Gasteiger partial charge in [0.1, 0.15) is 0 Å². The predicted molar refractivity (Wildman–Crippen MR) is 71.6 cm³/mol. The van der Waals surface area contributed by atoms with Gasteiger partial charge in [0.05, 0.1) is 18.2 Å². The molecule has 1 aliphatic rings. The first kappa shape index (κ1) is 14.3. The van der Waals surface area contributed by atoms with Crippen molar-refractivity contribution in [3.8, 4) is 0 Å². The summed E-state index contributed by atoms with van der Waals surface area (Å²) in [6, 6.07) is 1.85. The molecular formula is C12H14ClNO4S. The van der Waals surface area contributed by atoms with Crippen LogP contribution in [0.1, 0.15) is 11.3 Å². The Kier molecular flexibility index (Phi) is 4.79. The van der Waals surface area contributed by atoms with Crippen LogP contribution >= 0.6 is 22.9 Å². The minimum atomic E-state index is -1.03. The molecule has 1 amide bonds. The SMILES string of the molecule is O=C(O)[C@@H]1CN(C(=O)CCc2cc(Cl)cs2)CCO1. The van der Waals surface area contributed by atoms with Crippen molar-refractivity contribution in [2.45, 2.75) is 18.9 Å². The molecule has 104 valence electrons. The summed E-state index contributed by atoms with van der Waals surface area (Å²) in [5.74, 6) is -1.07. The summed E-state index contributed by atoms with van der Waals surface area (Å²) in [7, 11) is 0. The lowest BCUT2D eigenvalue weighted by Gasteiger charge is -2.30. The molecule has 0 bridgehead atoms. The van der Waals surface area contributed by atoms with E-state index >= 15 is 0 Å². The number of thiophene rings is 1. The molecule has 1 fully saturated rings. The van der Waals surface area contributed by atoms with Crippen LogP contribution in [0.3, 0.4) is 0 Å². The Morgan fingerprint density at radius 3 is 3.00 bits per heavy atom. The van der Waals surface area contributed by atoms with Gasteiger partial charge in [0, 0.05) is 23.2 Å². The maximum absolute atomic E-state index is 12.0. The number of nitrogens with zero attached hydrogens (tertiary/aromatic N) is 1. The molecule has 0 radical (unpaired) electrons. The summed E-state index contributed by atoms with van der Waals surface area (Å²) in [5, 5.41) is 11.4. The predicted octanol–water partition coefficient (Wildman–Crippen LogP) is 1.65. The van der Waals surface area contributed by atoms with Gasteiger partial charge in [0.2, 0.25) is 5.91 Å². The first-order valence-corrected chi connectivity index (χ1v) is 7.17. The second kappa shape index (κ2) is 6.36. The van der Waals surface area contributed by atoms with Gasteiger partial charge < -0.3 is 14.7 Å². The summed E-state index contributed by atoms with van der Waals surface area (Å²) < 4.78 is 5.08. The van der Waals surface area contributed by atoms with Crippen molar-refractivity contribution in [2.24, 2.45) is 0 Å². The monoisotopic (exact) mass is 303 g/mol. The number of carboxylic acids is 1. The highest BCUT2D eigenvalue weighted by molar-refractivity contribution is 7.10. The molecule has 2 rings (SSSR count). The van der Waals surface area contributed by atoms with Gasteiger partial charge in [-0.1, -0.05) is 11.6 Å². The molecule has 19 heavy (non-hydrogen) atoms. The van der Waals surface area contributed by atoms with Crippen LogP contribution in [0.4, 0.5) is 0 Å². The van der Waals surface area contributed by atoms with Crippen LogP contribution in [0.15, 0.2) is 11.4 Å². The van der Waals surface area contributed by atoms with E-state index in [9.17, 15) is 9.59 Å². The number of carboxylic acid groups (broad SMARTS) is 1. The molecular weight excluding hydrogens is 290 g/mol. The lowest BCUT2D eigenvalue weighted by atomic mass is 10.2. The molecule has 0 unspecified atom stereocenters. The van der Waals surface area contributed by atoms with Gasteiger partial charge in [0.25, 0.3) is 0 Å². The Bertz CT molecular complexity index is 476. The van der Waals surface area contributed by atoms with Crippen molar-refractivity contribution in [1.82, 2.24) is 4.90 Å². The number of amides is 1. The van der Waals surface area contributed by atoms with E-state index < -0.39 is 12.1 Å². The molecule has 0 saturated carbocycles. The minimum Gasteiger partial charge on any atom is -0.479 e. The second-order valence-corrected chi connectivity index (χ2v) is 5.70. The fraction of sp³-hybridized carbons (Fsp3) is 0.500. The lowest BCUT2D eigenvalue weighted by molar-refractivity contribution is -0.159. The van der Waals surface area contributed by atoms with Crippen molar-refractivity contribution in [3.63, 3.8) is 0 Å². The van der Waals surface area contributed by atoms with E-state index in [1.807, 2.05) is 11.4 Å². The molecule has 1 aromatic rings. The Labute approximate surface area is 119 Å². The molecule has 1 N–H and O–H groups in total. The standard InChI is InChI=1S/C12H14ClNO4S/c13-8-5-9(19-7-8)1-2-11(15)14-3-4-18-10(6-14)12(16)17/h5,7,10H,1-4,6H2,(H,16,17)/t10-/m0/s1. The van der Waals surface area contributed by atoms with Crippen LogP contribution in [0.5, 0.6) is 0 Å². The van der Waals surface area contributed by atoms with Gasteiger partial charge in [0.15, 0.2) is 6.10 Å². The summed E-state index contributed by atoms with van der Waals surface area (Å²) in [6.45, 7) is 0.848. The lowest BCUT2D eigenvalue weighted by Crippen LogP contribution is -2.48. The molecule has 1 aromatic heterocycles. The molecule has 0 aliphatic carbocycles. The Balaban J connectivity index is 1.84. The van der Waals surface area contributed by atoms with Crippen molar-refractivity contribution >= 4 is 34.8 Å². The van der Waals surface area contributed by atoms with Gasteiger partial charge in [-0.3, -0.25) is 4.79 Å². The second-order valence-electron chi connectivity index (χ2n) is 4.27. The number of ether oxygens (including phenoxy) is 1. The van der Waals surface area contributed by atoms with Gasteiger partial charge >= 0.3 is 5.97 Å². The normalized spacial score (nSPS) is 19.4. The van der Waals surface area contributed by atoms with E-state index in [-0.39, 0.29) is 19.1 Å². The average molecular weight is 304 g/mol. The van der Waals surface area contributed by atoms with Crippen molar-refractivity contribution in [2.75, 3.05) is 19.7 Å². The largest absolute Gasteiger partial charge is 0.479 e. The van der Waals surface area contributed by atoms with Crippen LogP contribution in [0.2, 0.25) is 5.02 Å². The number of morpholine rings is 1. The first-order chi connectivity index (χ1) is 9.06. The highest BCUT2D eigenvalue weighted by Gasteiger charge is 2.28. The fourth-order valence-corrected chi connectivity index (χ4v) is 2.98. The molecule has 0 spiro atoms. The number of hydrogen-bond acceptors (Lipinski definition) is 4. The highest BCUT2D eigenvalue weighted by atomic mass is 35.5. The number of halogens is 1. The van der Waals surface area contributed by atoms with Crippen molar-refractivity contribution in [3.05, 3.63) is 21.3 Å². The zero-order valence-electron chi connectivity index (χ0n) is 10.2. The molecule has 7 heteroatoms. The number of aryl methyl sites for hydroxylation is 1. The number of hydrogen-bond donors (Lipinski definition) is 1. The molecule has 2 heterocycles. The van der Waals surface area contributed by atoms with Gasteiger partial charge in [-0.05, 0) is 12.5 Å². The minimum absolute atomic E-state index is 0.0425. The quantitative estimate of drug-likeness (QED) is 0.918. The van der Waals surface area contributed by atoms with E-state index in [4.69, 9.17) is 21.4 Å². The molecule has 5 nitrogen and oxygen atoms in total. The third-order valence-electron chi connectivity index (χ3n) is 2.90. The van der Waals surface area contributed by atoms with Gasteiger partial charge in [-0.2, -0.15) is 0 Å². The number of carbonyl (C=O) groups is 2. The Morgan fingerprint density at radius 2 is 2.37 bits per heavy atom. The number of aliphatic carboxylic acids is 1. The van der Waals surface area contributed by atoms with Crippen molar-refractivity contribution in [1.29, 1.82) is 0 Å². The number of rotatable bonds is 4. The summed E-state index contributed by atoms with van der Waals surface area (Å²) in [6.07, 6.45) is 0.0861. The summed E-state index contributed by atoms with van der Waals surface area (Å²) in [5.41, 5.74) is 0. The van der Waals surface area contributed by atoms with E-state index in [0.29, 0.717) is 24.4 Å². The number of carbonyl (C=O) groups excluding carboxylic acids is 1. The van der Waals surface area contributed by atoms with Gasteiger partial charge in [-0.15, -0.1) is 11.3 Å². The summed E-state index contributed by atoms with van der Waals surface area (Å²) in [4.78, 5) is 25.4. The highest BCUT2D eigenvalue weighted by Crippen LogP contribution is 2.20. The summed E-state index contributed by atoms with van der Waals surface area (Å²) >= 11 is 7.33. The molecule has 1 saturated heterocycles. The van der Waals surface area contributed by atoms with Gasteiger partial charge in [-0.25, -0.2) is 4.79 Å². The van der Waals surface area contributed by atoms with Crippen LogP contribution in [-0.2, 0) is 20.7 Å². The van der Waals surface area contributed by atoms with E-state index in [2.05, 4.69) is 0 Å². The smallest absolute Gasteiger partial charge is 0.334 e. The van der Waals surface area contributed by atoms with Crippen LogP contribution in [0, 0.1) is 0 Å². The Morgan fingerprint density at radius 1 is 1.58 bits per heavy atom. The van der Waals surface area contributed by atoms with E-state index in [1.54, 1.807) is 4.90 Å². The maximum atomic E-state index is 12.0. The maximum Gasteiger partial charge on any atom is 0.334 e. The molecule has 0 aromatic carbocycles.